The van der Waals surface area contributed by atoms with Crippen molar-refractivity contribution in [2.24, 2.45) is 5.92 Å². The summed E-state index contributed by atoms with van der Waals surface area (Å²) in [5, 5.41) is 0. The molecule has 2 amide bonds. The number of hydrogen-bond acceptors (Lipinski definition) is 4. The summed E-state index contributed by atoms with van der Waals surface area (Å²) in [7, 11) is 0. The van der Waals surface area contributed by atoms with Crippen LogP contribution in [0, 0.1) is 5.92 Å². The number of nitrogens with zero attached hydrogens (tertiary/aromatic N) is 4. The second kappa shape index (κ2) is 8.28. The van der Waals surface area contributed by atoms with Gasteiger partial charge in [0.1, 0.15) is 5.69 Å². The van der Waals surface area contributed by atoms with Gasteiger partial charge in [0, 0.05) is 57.1 Å². The highest BCUT2D eigenvalue weighted by molar-refractivity contribution is 5.93. The van der Waals surface area contributed by atoms with E-state index < -0.39 is 0 Å². The predicted octanol–water partition coefficient (Wildman–Crippen LogP) is 2.55. The Morgan fingerprint density at radius 1 is 0.852 bits per heavy atom. The van der Waals surface area contributed by atoms with Gasteiger partial charge in [0.15, 0.2) is 0 Å². The van der Waals surface area contributed by atoms with E-state index in [-0.39, 0.29) is 11.8 Å². The highest BCUT2D eigenvalue weighted by Gasteiger charge is 2.30. The smallest absolute Gasteiger partial charge is 0.272 e. The molecule has 1 saturated carbocycles. The highest BCUT2D eigenvalue weighted by Crippen LogP contribution is 2.26. The van der Waals surface area contributed by atoms with Crippen molar-refractivity contribution in [2.45, 2.75) is 44.9 Å². The van der Waals surface area contributed by atoms with E-state index >= 15 is 0 Å². The Labute approximate surface area is 161 Å². The van der Waals surface area contributed by atoms with E-state index in [0.717, 1.165) is 31.6 Å². The molecule has 2 aliphatic heterocycles. The van der Waals surface area contributed by atoms with Crippen LogP contribution in [0.1, 0.15) is 55.4 Å². The fraction of sp³-hybridized carbons (Fsp3) is 0.667. The Morgan fingerprint density at radius 2 is 1.52 bits per heavy atom. The van der Waals surface area contributed by atoms with Gasteiger partial charge >= 0.3 is 0 Å². The number of rotatable bonds is 3. The van der Waals surface area contributed by atoms with E-state index in [1.807, 2.05) is 21.9 Å². The minimum absolute atomic E-state index is 0.0131. The van der Waals surface area contributed by atoms with Crippen LogP contribution < -0.4 is 4.90 Å². The van der Waals surface area contributed by atoms with Crippen LogP contribution in [-0.4, -0.2) is 65.9 Å². The molecule has 3 fully saturated rings. The van der Waals surface area contributed by atoms with E-state index in [2.05, 4.69) is 9.88 Å². The van der Waals surface area contributed by atoms with Crippen molar-refractivity contribution in [3.05, 3.63) is 24.0 Å². The van der Waals surface area contributed by atoms with E-state index in [1.54, 1.807) is 6.20 Å². The van der Waals surface area contributed by atoms with Crippen LogP contribution in [0.25, 0.3) is 0 Å². The zero-order chi connectivity index (χ0) is 18.6. The summed E-state index contributed by atoms with van der Waals surface area (Å²) >= 11 is 0. The fourth-order valence-electron chi connectivity index (χ4n) is 4.61. The van der Waals surface area contributed by atoms with E-state index in [4.69, 9.17) is 0 Å². The van der Waals surface area contributed by atoms with Gasteiger partial charge in [0.25, 0.3) is 5.91 Å². The first kappa shape index (κ1) is 18.3. The Bertz CT molecular complexity index is 673. The average Bonchev–Trinajstić information content (AvgIpc) is 3.29. The molecular formula is C21H30N4O2. The topological polar surface area (TPSA) is 56.8 Å². The highest BCUT2D eigenvalue weighted by atomic mass is 16.2. The van der Waals surface area contributed by atoms with Gasteiger partial charge in [0.05, 0.1) is 0 Å². The summed E-state index contributed by atoms with van der Waals surface area (Å²) in [4.78, 5) is 36.0. The summed E-state index contributed by atoms with van der Waals surface area (Å²) in [6, 6.07) is 3.91. The molecule has 3 heterocycles. The van der Waals surface area contributed by atoms with Gasteiger partial charge < -0.3 is 14.7 Å². The van der Waals surface area contributed by atoms with Crippen molar-refractivity contribution in [2.75, 3.05) is 44.2 Å². The largest absolute Gasteiger partial charge is 0.371 e. The standard InChI is InChI=1S/C21H30N4O2/c26-20(17-6-2-1-3-7-17)24-12-14-25(15-13-24)21(27)19-16-18(8-9-22-19)23-10-4-5-11-23/h8-9,16-17H,1-7,10-15H2. The lowest BCUT2D eigenvalue weighted by Crippen LogP contribution is -2.52. The zero-order valence-electron chi connectivity index (χ0n) is 16.1. The number of carbonyl (C=O) groups is 2. The first-order valence-electron chi connectivity index (χ1n) is 10.5. The molecule has 0 N–H and O–H groups in total. The van der Waals surface area contributed by atoms with Gasteiger partial charge in [-0.2, -0.15) is 0 Å². The van der Waals surface area contributed by atoms with Gasteiger partial charge in [-0.15, -0.1) is 0 Å². The van der Waals surface area contributed by atoms with Crippen molar-refractivity contribution in [1.29, 1.82) is 0 Å². The number of amides is 2. The van der Waals surface area contributed by atoms with Crippen LogP contribution in [0.3, 0.4) is 0 Å². The van der Waals surface area contributed by atoms with Crippen LogP contribution in [-0.2, 0) is 4.79 Å². The molecule has 0 atom stereocenters. The molecule has 6 nitrogen and oxygen atoms in total. The maximum atomic E-state index is 12.9. The maximum absolute atomic E-state index is 12.9. The second-order valence-electron chi connectivity index (χ2n) is 8.05. The van der Waals surface area contributed by atoms with Gasteiger partial charge in [-0.1, -0.05) is 19.3 Å². The van der Waals surface area contributed by atoms with Crippen LogP contribution in [0.2, 0.25) is 0 Å². The summed E-state index contributed by atoms with van der Waals surface area (Å²) in [5.41, 5.74) is 1.61. The minimum Gasteiger partial charge on any atom is -0.371 e. The van der Waals surface area contributed by atoms with Gasteiger partial charge in [0.2, 0.25) is 5.91 Å². The number of pyridine rings is 1. The van der Waals surface area contributed by atoms with E-state index in [9.17, 15) is 9.59 Å². The third-order valence-corrected chi connectivity index (χ3v) is 6.27. The third-order valence-electron chi connectivity index (χ3n) is 6.27. The number of anilines is 1. The lowest BCUT2D eigenvalue weighted by molar-refractivity contribution is -0.138. The molecule has 146 valence electrons. The molecule has 0 spiro atoms. The minimum atomic E-state index is -0.0131. The molecule has 0 aromatic carbocycles. The first-order valence-corrected chi connectivity index (χ1v) is 10.5. The molecule has 3 aliphatic rings. The Morgan fingerprint density at radius 3 is 2.22 bits per heavy atom. The maximum Gasteiger partial charge on any atom is 0.272 e. The van der Waals surface area contributed by atoms with Gasteiger partial charge in [-0.3, -0.25) is 14.6 Å². The summed E-state index contributed by atoms with van der Waals surface area (Å²) in [6.45, 7) is 4.61. The molecule has 0 unspecified atom stereocenters. The third kappa shape index (κ3) is 4.09. The number of piperazine rings is 1. The molecule has 0 radical (unpaired) electrons. The molecule has 1 aliphatic carbocycles. The SMILES string of the molecule is O=C(c1cc(N2CCCC2)ccn1)N1CCN(C(=O)C2CCCCC2)CC1. The van der Waals surface area contributed by atoms with Crippen LogP contribution in [0.4, 0.5) is 5.69 Å². The normalized spacial score (nSPS) is 21.6. The van der Waals surface area contributed by atoms with Crippen LogP contribution in [0.5, 0.6) is 0 Å². The van der Waals surface area contributed by atoms with Gasteiger partial charge in [-0.05, 0) is 37.8 Å². The summed E-state index contributed by atoms with van der Waals surface area (Å²) in [6.07, 6.45) is 9.84. The fourth-order valence-corrected chi connectivity index (χ4v) is 4.61. The molecule has 4 rings (SSSR count). The summed E-state index contributed by atoms with van der Waals surface area (Å²) < 4.78 is 0. The number of aromatic nitrogens is 1. The van der Waals surface area contributed by atoms with Crippen molar-refractivity contribution in [1.82, 2.24) is 14.8 Å². The lowest BCUT2D eigenvalue weighted by Gasteiger charge is -2.37. The van der Waals surface area contributed by atoms with Crippen molar-refractivity contribution >= 4 is 17.5 Å². The number of hydrogen-bond donors (Lipinski definition) is 0. The van der Waals surface area contributed by atoms with Crippen LogP contribution >= 0.6 is 0 Å². The zero-order valence-corrected chi connectivity index (χ0v) is 16.1. The van der Waals surface area contributed by atoms with E-state index in [1.165, 1.54) is 32.1 Å². The molecule has 1 aromatic heterocycles. The second-order valence-corrected chi connectivity index (χ2v) is 8.05. The molecule has 27 heavy (non-hydrogen) atoms. The Hall–Kier alpha value is -2.11. The monoisotopic (exact) mass is 370 g/mol. The molecular weight excluding hydrogens is 340 g/mol. The quantitative estimate of drug-likeness (QED) is 0.820. The average molecular weight is 370 g/mol. The van der Waals surface area contributed by atoms with E-state index in [0.29, 0.717) is 37.8 Å². The van der Waals surface area contributed by atoms with Crippen molar-refractivity contribution in [3.8, 4) is 0 Å². The molecule has 1 aromatic rings. The number of carbonyl (C=O) groups excluding carboxylic acids is 2. The molecule has 2 saturated heterocycles. The van der Waals surface area contributed by atoms with Crippen LogP contribution in [0.15, 0.2) is 18.3 Å². The summed E-state index contributed by atoms with van der Waals surface area (Å²) in [5.74, 6) is 0.497. The van der Waals surface area contributed by atoms with Crippen molar-refractivity contribution < 1.29 is 9.59 Å². The van der Waals surface area contributed by atoms with Crippen molar-refractivity contribution in [3.63, 3.8) is 0 Å². The van der Waals surface area contributed by atoms with Gasteiger partial charge in [-0.25, -0.2) is 0 Å². The Kier molecular flexibility index (Phi) is 5.60. The molecule has 6 heteroatoms. The molecule has 0 bridgehead atoms. The first-order chi connectivity index (χ1) is 13.2. The Balaban J connectivity index is 1.34. The lowest BCUT2D eigenvalue weighted by atomic mass is 9.88. The predicted molar refractivity (Wildman–Crippen MR) is 105 cm³/mol.